The molecule has 1 unspecified atom stereocenters. The molecule has 0 spiro atoms. The third-order valence-corrected chi connectivity index (χ3v) is 7.28. The predicted molar refractivity (Wildman–Crippen MR) is 132 cm³/mol. The van der Waals surface area contributed by atoms with Gasteiger partial charge in [-0.3, -0.25) is 10.1 Å². The van der Waals surface area contributed by atoms with Crippen LogP contribution in [0.25, 0.3) is 0 Å². The van der Waals surface area contributed by atoms with Crippen LogP contribution in [0.1, 0.15) is 68.7 Å². The summed E-state index contributed by atoms with van der Waals surface area (Å²) in [5.74, 6) is -0.819. The highest BCUT2D eigenvalue weighted by molar-refractivity contribution is 7.80. The number of amides is 1. The van der Waals surface area contributed by atoms with Gasteiger partial charge in [-0.05, 0) is 72.6 Å². The number of nitrogens with one attached hydrogen (secondary N) is 2. The summed E-state index contributed by atoms with van der Waals surface area (Å²) in [6.07, 6.45) is 2.69. The van der Waals surface area contributed by atoms with Gasteiger partial charge in [-0.25, -0.2) is 9.59 Å². The molecule has 0 radical (unpaired) electrons. The van der Waals surface area contributed by atoms with Gasteiger partial charge in [0.05, 0.1) is 25.3 Å². The molecule has 3 rings (SSSR count). The molecule has 0 fully saturated rings. The van der Waals surface area contributed by atoms with Gasteiger partial charge in [-0.1, -0.05) is 20.8 Å². The van der Waals surface area contributed by atoms with Gasteiger partial charge in [-0.15, -0.1) is 11.3 Å². The van der Waals surface area contributed by atoms with E-state index >= 15 is 0 Å². The zero-order valence-corrected chi connectivity index (χ0v) is 21.0. The van der Waals surface area contributed by atoms with Crippen molar-refractivity contribution in [3.8, 4) is 0 Å². The van der Waals surface area contributed by atoms with Gasteiger partial charge in [0.2, 0.25) is 0 Å². The van der Waals surface area contributed by atoms with Crippen molar-refractivity contribution in [3.63, 3.8) is 0 Å². The van der Waals surface area contributed by atoms with E-state index in [0.717, 1.165) is 29.7 Å². The lowest BCUT2D eigenvalue weighted by Crippen LogP contribution is -2.34. The van der Waals surface area contributed by atoms with Crippen LogP contribution in [0.2, 0.25) is 0 Å². The molecule has 1 aliphatic carbocycles. The molecule has 1 aromatic heterocycles. The van der Waals surface area contributed by atoms with Crippen LogP contribution in [-0.4, -0.2) is 37.2 Å². The number of methoxy groups -OCH3 is 2. The molecular weight excluding hydrogens is 460 g/mol. The molecule has 0 aliphatic heterocycles. The van der Waals surface area contributed by atoms with E-state index in [1.165, 1.54) is 49.8 Å². The number of hydrogen-bond acceptors (Lipinski definition) is 7. The maximum atomic E-state index is 12.6. The summed E-state index contributed by atoms with van der Waals surface area (Å²) >= 11 is 6.82. The Balaban J connectivity index is 1.76. The molecule has 2 aromatic rings. The third-order valence-electron chi connectivity index (χ3n) is 5.90. The molecule has 33 heavy (non-hydrogen) atoms. The summed E-state index contributed by atoms with van der Waals surface area (Å²) in [5.41, 5.74) is 2.34. The van der Waals surface area contributed by atoms with Crippen LogP contribution in [0.5, 0.6) is 0 Å². The Bertz CT molecular complexity index is 1080. The van der Waals surface area contributed by atoms with Crippen LogP contribution in [0.3, 0.4) is 0 Å². The van der Waals surface area contributed by atoms with Crippen molar-refractivity contribution in [3.05, 3.63) is 51.4 Å². The molecule has 1 amide bonds. The summed E-state index contributed by atoms with van der Waals surface area (Å²) in [5, 5.41) is 6.30. The number of carbonyl (C=O) groups excluding carboxylic acids is 3. The minimum atomic E-state index is -0.482. The highest BCUT2D eigenvalue weighted by Gasteiger charge is 2.34. The first kappa shape index (κ1) is 24.9. The standard InChI is InChI=1S/C24H28N2O5S2/c1-24(2,3)15-10-11-16-17(12-15)33-20(18(16)22(29)31-5)26-23(32)25-19(27)13-6-8-14(9-7-13)21(28)30-4/h6-9,15H,10-12H2,1-5H3,(H2,25,26,27,32). The summed E-state index contributed by atoms with van der Waals surface area (Å²) in [7, 11) is 2.65. The molecule has 1 aromatic carbocycles. The monoisotopic (exact) mass is 488 g/mol. The van der Waals surface area contributed by atoms with Crippen molar-refractivity contribution in [2.75, 3.05) is 19.5 Å². The van der Waals surface area contributed by atoms with Crippen LogP contribution < -0.4 is 10.6 Å². The quantitative estimate of drug-likeness (QED) is 0.480. The third kappa shape index (κ3) is 5.59. The van der Waals surface area contributed by atoms with Gasteiger partial charge < -0.3 is 14.8 Å². The molecule has 176 valence electrons. The first-order valence-electron chi connectivity index (χ1n) is 10.6. The Morgan fingerprint density at radius 2 is 1.64 bits per heavy atom. The largest absolute Gasteiger partial charge is 0.465 e. The van der Waals surface area contributed by atoms with Gasteiger partial charge in [0.15, 0.2) is 5.11 Å². The van der Waals surface area contributed by atoms with Crippen molar-refractivity contribution in [2.45, 2.75) is 40.0 Å². The van der Waals surface area contributed by atoms with Gasteiger partial charge in [0.1, 0.15) is 5.00 Å². The molecular formula is C24H28N2O5S2. The highest BCUT2D eigenvalue weighted by Crippen LogP contribution is 2.44. The number of benzene rings is 1. The number of anilines is 1. The zero-order valence-electron chi connectivity index (χ0n) is 19.4. The normalized spacial score (nSPS) is 15.2. The zero-order chi connectivity index (χ0) is 24.3. The Kier molecular flexibility index (Phi) is 7.54. The highest BCUT2D eigenvalue weighted by atomic mass is 32.1. The van der Waals surface area contributed by atoms with Crippen LogP contribution in [0, 0.1) is 11.3 Å². The Morgan fingerprint density at radius 1 is 1.03 bits per heavy atom. The van der Waals surface area contributed by atoms with Gasteiger partial charge in [0.25, 0.3) is 5.91 Å². The summed E-state index contributed by atoms with van der Waals surface area (Å²) in [6, 6.07) is 6.04. The number of ether oxygens (including phenoxy) is 2. The second-order valence-corrected chi connectivity index (χ2v) is 10.5. The second-order valence-electron chi connectivity index (χ2n) is 8.98. The summed E-state index contributed by atoms with van der Waals surface area (Å²) in [6.45, 7) is 6.71. The molecule has 7 nitrogen and oxygen atoms in total. The van der Waals surface area contributed by atoms with Crippen molar-refractivity contribution < 1.29 is 23.9 Å². The fourth-order valence-electron chi connectivity index (χ4n) is 3.92. The lowest BCUT2D eigenvalue weighted by molar-refractivity contribution is 0.0591. The van der Waals surface area contributed by atoms with Crippen LogP contribution in [0.4, 0.5) is 5.00 Å². The van der Waals surface area contributed by atoms with E-state index in [1.807, 2.05) is 0 Å². The van der Waals surface area contributed by atoms with Crippen LogP contribution in [-0.2, 0) is 22.3 Å². The Hall–Kier alpha value is -2.78. The van der Waals surface area contributed by atoms with E-state index in [4.69, 9.17) is 17.0 Å². The summed E-state index contributed by atoms with van der Waals surface area (Å²) in [4.78, 5) is 37.8. The number of thiocarbonyl (C=S) groups is 1. The fourth-order valence-corrected chi connectivity index (χ4v) is 5.50. The Labute approximate surface area is 202 Å². The van der Waals surface area contributed by atoms with E-state index in [9.17, 15) is 14.4 Å². The summed E-state index contributed by atoms with van der Waals surface area (Å²) < 4.78 is 9.69. The van der Waals surface area contributed by atoms with Crippen LogP contribution >= 0.6 is 23.6 Å². The average Bonchev–Trinajstić information content (AvgIpc) is 3.14. The van der Waals surface area contributed by atoms with E-state index in [2.05, 4.69) is 36.1 Å². The number of thiophene rings is 1. The molecule has 0 bridgehead atoms. The van der Waals surface area contributed by atoms with Crippen molar-refractivity contribution in [2.24, 2.45) is 11.3 Å². The first-order valence-corrected chi connectivity index (χ1v) is 11.8. The first-order chi connectivity index (χ1) is 15.5. The number of fused-ring (bicyclic) bond motifs is 1. The van der Waals surface area contributed by atoms with E-state index in [0.29, 0.717) is 27.6 Å². The van der Waals surface area contributed by atoms with Crippen LogP contribution in [0.15, 0.2) is 24.3 Å². The minimum Gasteiger partial charge on any atom is -0.465 e. The topological polar surface area (TPSA) is 93.7 Å². The lowest BCUT2D eigenvalue weighted by atomic mass is 9.72. The van der Waals surface area contributed by atoms with E-state index in [1.54, 1.807) is 0 Å². The minimum absolute atomic E-state index is 0.0770. The fraction of sp³-hybridized carbons (Fsp3) is 0.417. The van der Waals surface area contributed by atoms with E-state index in [-0.39, 0.29) is 10.5 Å². The smallest absolute Gasteiger partial charge is 0.341 e. The van der Waals surface area contributed by atoms with Gasteiger partial charge >= 0.3 is 11.9 Å². The molecule has 1 atom stereocenters. The van der Waals surface area contributed by atoms with Gasteiger partial charge in [-0.2, -0.15) is 0 Å². The van der Waals surface area contributed by atoms with E-state index < -0.39 is 17.8 Å². The number of esters is 2. The number of carbonyl (C=O) groups is 3. The van der Waals surface area contributed by atoms with Crippen molar-refractivity contribution in [1.29, 1.82) is 0 Å². The molecule has 9 heteroatoms. The molecule has 0 saturated heterocycles. The maximum Gasteiger partial charge on any atom is 0.341 e. The second kappa shape index (κ2) is 10.0. The number of hydrogen-bond donors (Lipinski definition) is 2. The molecule has 1 aliphatic rings. The van der Waals surface area contributed by atoms with Crippen molar-refractivity contribution >= 4 is 51.5 Å². The Morgan fingerprint density at radius 3 is 2.21 bits per heavy atom. The molecule has 2 N–H and O–H groups in total. The molecule has 1 heterocycles. The van der Waals surface area contributed by atoms with Gasteiger partial charge in [0, 0.05) is 10.4 Å². The SMILES string of the molecule is COC(=O)c1ccc(C(=O)NC(=S)Nc2sc3c(c2C(=O)OC)CCC(C(C)(C)C)C3)cc1. The average molecular weight is 489 g/mol. The number of rotatable bonds is 4. The lowest BCUT2D eigenvalue weighted by Gasteiger charge is -2.33. The predicted octanol–water partition coefficient (Wildman–Crippen LogP) is 4.60. The van der Waals surface area contributed by atoms with Crippen molar-refractivity contribution in [1.82, 2.24) is 5.32 Å². The molecule has 0 saturated carbocycles. The maximum absolute atomic E-state index is 12.6.